The molecule has 1 atom stereocenters. The number of carboxylic acid groups (broad SMARTS) is 2. The van der Waals surface area contributed by atoms with Crippen molar-refractivity contribution >= 4 is 35.1 Å². The molecule has 1 aliphatic heterocycles. The van der Waals surface area contributed by atoms with Gasteiger partial charge in [0.15, 0.2) is 0 Å². The largest absolute Gasteiger partial charge is 0.478 e. The van der Waals surface area contributed by atoms with E-state index < -0.39 is 11.9 Å². The first kappa shape index (κ1) is 22.4. The SMILES string of the molecule is CC(C)N(Cc1ccc(Cl)c(Cl)c1)[C@H]1CCNC1.O=C(O)/C=C/C(=O)O. The van der Waals surface area contributed by atoms with Gasteiger partial charge in [0.2, 0.25) is 0 Å². The Bertz CT molecular complexity index is 628. The molecule has 144 valence electrons. The second-order valence-electron chi connectivity index (χ2n) is 6.17. The third-order valence-electron chi connectivity index (χ3n) is 3.88. The fourth-order valence-electron chi connectivity index (χ4n) is 2.65. The number of carbonyl (C=O) groups is 2. The highest BCUT2D eigenvalue weighted by Crippen LogP contribution is 2.24. The van der Waals surface area contributed by atoms with Gasteiger partial charge in [-0.2, -0.15) is 0 Å². The third kappa shape index (κ3) is 8.19. The van der Waals surface area contributed by atoms with E-state index in [0.29, 0.717) is 34.3 Å². The Morgan fingerprint density at radius 2 is 1.85 bits per heavy atom. The van der Waals surface area contributed by atoms with Gasteiger partial charge >= 0.3 is 11.9 Å². The van der Waals surface area contributed by atoms with E-state index in [1.807, 2.05) is 12.1 Å². The maximum absolute atomic E-state index is 9.55. The second kappa shape index (κ2) is 11.2. The van der Waals surface area contributed by atoms with E-state index in [2.05, 4.69) is 30.1 Å². The van der Waals surface area contributed by atoms with Crippen LogP contribution in [0.3, 0.4) is 0 Å². The van der Waals surface area contributed by atoms with Crippen molar-refractivity contribution in [2.24, 2.45) is 0 Å². The maximum atomic E-state index is 9.55. The molecule has 1 aliphatic rings. The van der Waals surface area contributed by atoms with Gasteiger partial charge in [0.25, 0.3) is 0 Å². The third-order valence-corrected chi connectivity index (χ3v) is 4.62. The minimum Gasteiger partial charge on any atom is -0.478 e. The standard InChI is InChI=1S/C14H20Cl2N2.C4H4O4/c1-10(2)18(12-5-6-17-8-12)9-11-3-4-13(15)14(16)7-11;5-3(6)1-2-4(7)8/h3-4,7,10,12,17H,5-6,8-9H2,1-2H3;1-2H,(H,5,6)(H,7,8)/b;2-1+/t12-;/m0./s1. The van der Waals surface area contributed by atoms with Crippen LogP contribution in [-0.4, -0.2) is 52.2 Å². The normalized spacial score (nSPS) is 16.8. The van der Waals surface area contributed by atoms with Gasteiger partial charge in [-0.05, 0) is 44.5 Å². The van der Waals surface area contributed by atoms with Gasteiger partial charge in [0, 0.05) is 37.3 Å². The van der Waals surface area contributed by atoms with Gasteiger partial charge in [-0.1, -0.05) is 29.3 Å². The minimum atomic E-state index is -1.26. The van der Waals surface area contributed by atoms with Crippen LogP contribution in [0.15, 0.2) is 30.4 Å². The summed E-state index contributed by atoms with van der Waals surface area (Å²) >= 11 is 12.0. The van der Waals surface area contributed by atoms with Crippen molar-refractivity contribution in [3.8, 4) is 0 Å². The predicted octanol–water partition coefficient (Wildman–Crippen LogP) is 3.28. The number of halogens is 2. The lowest BCUT2D eigenvalue weighted by atomic mass is 10.1. The molecular formula is C18H24Cl2N2O4. The highest BCUT2D eigenvalue weighted by atomic mass is 35.5. The smallest absolute Gasteiger partial charge is 0.328 e. The summed E-state index contributed by atoms with van der Waals surface area (Å²) in [6, 6.07) is 7.07. The molecule has 26 heavy (non-hydrogen) atoms. The molecule has 0 aromatic heterocycles. The molecule has 0 saturated carbocycles. The Labute approximate surface area is 163 Å². The van der Waals surface area contributed by atoms with Crippen molar-refractivity contribution < 1.29 is 19.8 Å². The first-order valence-electron chi connectivity index (χ1n) is 8.25. The Kier molecular flexibility index (Phi) is 9.65. The van der Waals surface area contributed by atoms with Crippen LogP contribution in [0, 0.1) is 0 Å². The number of carboxylic acids is 2. The van der Waals surface area contributed by atoms with Crippen molar-refractivity contribution in [1.82, 2.24) is 10.2 Å². The van der Waals surface area contributed by atoms with Gasteiger partial charge in [0.1, 0.15) is 0 Å². The Balaban J connectivity index is 0.000000359. The van der Waals surface area contributed by atoms with Crippen LogP contribution in [-0.2, 0) is 16.1 Å². The average molecular weight is 403 g/mol. The van der Waals surface area contributed by atoms with E-state index in [-0.39, 0.29) is 0 Å². The number of rotatable bonds is 6. The molecule has 1 fully saturated rings. The number of nitrogens with one attached hydrogen (secondary N) is 1. The van der Waals surface area contributed by atoms with E-state index in [4.69, 9.17) is 33.4 Å². The summed E-state index contributed by atoms with van der Waals surface area (Å²) in [5.74, 6) is -2.51. The Morgan fingerprint density at radius 1 is 1.23 bits per heavy atom. The van der Waals surface area contributed by atoms with Crippen molar-refractivity contribution in [2.45, 2.75) is 38.9 Å². The van der Waals surface area contributed by atoms with Gasteiger partial charge < -0.3 is 15.5 Å². The molecule has 0 aliphatic carbocycles. The van der Waals surface area contributed by atoms with E-state index in [9.17, 15) is 9.59 Å². The van der Waals surface area contributed by atoms with Crippen LogP contribution in [0.1, 0.15) is 25.8 Å². The van der Waals surface area contributed by atoms with Crippen LogP contribution in [0.2, 0.25) is 10.0 Å². The molecule has 1 aromatic carbocycles. The molecule has 1 saturated heterocycles. The summed E-state index contributed by atoms with van der Waals surface area (Å²) in [5.41, 5.74) is 1.23. The lowest BCUT2D eigenvalue weighted by Gasteiger charge is -2.32. The average Bonchev–Trinajstić information content (AvgIpc) is 3.08. The first-order chi connectivity index (χ1) is 12.2. The van der Waals surface area contributed by atoms with Gasteiger partial charge in [0.05, 0.1) is 10.0 Å². The van der Waals surface area contributed by atoms with E-state index >= 15 is 0 Å². The number of hydrogen-bond acceptors (Lipinski definition) is 4. The van der Waals surface area contributed by atoms with E-state index in [1.165, 1.54) is 12.0 Å². The Morgan fingerprint density at radius 3 is 2.27 bits per heavy atom. The van der Waals surface area contributed by atoms with Gasteiger partial charge in [-0.3, -0.25) is 4.90 Å². The highest BCUT2D eigenvalue weighted by Gasteiger charge is 2.24. The molecule has 0 amide bonds. The fourth-order valence-corrected chi connectivity index (χ4v) is 2.97. The lowest BCUT2D eigenvalue weighted by Crippen LogP contribution is -2.41. The summed E-state index contributed by atoms with van der Waals surface area (Å²) in [7, 11) is 0. The van der Waals surface area contributed by atoms with Crippen molar-refractivity contribution in [3.05, 3.63) is 46.0 Å². The summed E-state index contributed by atoms with van der Waals surface area (Å²) in [6.07, 6.45) is 2.34. The van der Waals surface area contributed by atoms with E-state index in [1.54, 1.807) is 0 Å². The zero-order valence-electron chi connectivity index (χ0n) is 14.8. The van der Waals surface area contributed by atoms with Crippen LogP contribution in [0.25, 0.3) is 0 Å². The summed E-state index contributed by atoms with van der Waals surface area (Å²) in [5, 5.41) is 20.3. The molecule has 0 unspecified atom stereocenters. The zero-order chi connectivity index (χ0) is 19.7. The lowest BCUT2D eigenvalue weighted by molar-refractivity contribution is -0.134. The van der Waals surface area contributed by atoms with Crippen molar-refractivity contribution in [1.29, 1.82) is 0 Å². The highest BCUT2D eigenvalue weighted by molar-refractivity contribution is 6.42. The molecule has 6 nitrogen and oxygen atoms in total. The van der Waals surface area contributed by atoms with Crippen LogP contribution in [0.5, 0.6) is 0 Å². The fraction of sp³-hybridized carbons (Fsp3) is 0.444. The summed E-state index contributed by atoms with van der Waals surface area (Å²) in [6.45, 7) is 7.63. The molecule has 0 radical (unpaired) electrons. The van der Waals surface area contributed by atoms with Gasteiger partial charge in [-0.15, -0.1) is 0 Å². The quantitative estimate of drug-likeness (QED) is 0.632. The molecular weight excluding hydrogens is 379 g/mol. The zero-order valence-corrected chi connectivity index (χ0v) is 16.3. The van der Waals surface area contributed by atoms with Crippen LogP contribution < -0.4 is 5.32 Å². The molecule has 8 heteroatoms. The topological polar surface area (TPSA) is 89.9 Å². The molecule has 3 N–H and O–H groups in total. The Hall–Kier alpha value is -1.60. The number of nitrogens with zero attached hydrogens (tertiary/aromatic N) is 1. The van der Waals surface area contributed by atoms with Crippen molar-refractivity contribution in [2.75, 3.05) is 13.1 Å². The first-order valence-corrected chi connectivity index (χ1v) is 9.00. The maximum Gasteiger partial charge on any atom is 0.328 e. The van der Waals surface area contributed by atoms with Crippen LogP contribution >= 0.6 is 23.2 Å². The predicted molar refractivity (Wildman–Crippen MR) is 103 cm³/mol. The summed E-state index contributed by atoms with van der Waals surface area (Å²) in [4.78, 5) is 21.6. The van der Waals surface area contributed by atoms with Crippen LogP contribution in [0.4, 0.5) is 0 Å². The minimum absolute atomic E-state index is 0.532. The molecule has 1 heterocycles. The molecule has 0 bridgehead atoms. The molecule has 0 spiro atoms. The van der Waals surface area contributed by atoms with Gasteiger partial charge in [-0.25, -0.2) is 9.59 Å². The van der Waals surface area contributed by atoms with Crippen molar-refractivity contribution in [3.63, 3.8) is 0 Å². The monoisotopic (exact) mass is 402 g/mol. The summed E-state index contributed by atoms with van der Waals surface area (Å²) < 4.78 is 0. The number of hydrogen-bond donors (Lipinski definition) is 3. The molecule has 2 rings (SSSR count). The number of aliphatic carboxylic acids is 2. The molecule has 1 aromatic rings. The number of benzene rings is 1. The van der Waals surface area contributed by atoms with E-state index in [0.717, 1.165) is 19.6 Å². The second-order valence-corrected chi connectivity index (χ2v) is 6.99.